The molecule has 1 N–H and O–H groups in total. The van der Waals surface area contributed by atoms with Gasteiger partial charge in [-0.25, -0.2) is 4.68 Å². The van der Waals surface area contributed by atoms with Crippen molar-refractivity contribution in [1.29, 1.82) is 0 Å². The molecule has 0 unspecified atom stereocenters. The molecule has 0 saturated heterocycles. The number of carbonyl (C=O) groups excluding carboxylic acids is 1. The van der Waals surface area contributed by atoms with Gasteiger partial charge < -0.3 is 14.8 Å². The second-order valence-corrected chi connectivity index (χ2v) is 8.81. The molecule has 0 fully saturated rings. The minimum absolute atomic E-state index is 0.0301. The highest BCUT2D eigenvalue weighted by molar-refractivity contribution is 8.01. The maximum absolute atomic E-state index is 12.8. The minimum Gasteiger partial charge on any atom is -0.493 e. The van der Waals surface area contributed by atoms with Gasteiger partial charge in [-0.05, 0) is 50.6 Å². The van der Waals surface area contributed by atoms with Crippen LogP contribution in [-0.2, 0) is 4.79 Å². The van der Waals surface area contributed by atoms with Gasteiger partial charge in [-0.15, -0.1) is 11.8 Å². The van der Waals surface area contributed by atoms with E-state index in [2.05, 4.69) is 5.32 Å². The smallest absolute Gasteiger partial charge is 0.238 e. The lowest BCUT2D eigenvalue weighted by atomic mass is 10.0. The van der Waals surface area contributed by atoms with E-state index in [1.807, 2.05) is 67.9 Å². The Balaban J connectivity index is 1.89. The summed E-state index contributed by atoms with van der Waals surface area (Å²) < 4.78 is 12.7. The zero-order chi connectivity index (χ0) is 21.4. The van der Waals surface area contributed by atoms with Crippen molar-refractivity contribution in [3.05, 3.63) is 64.8 Å². The number of thioether (sulfide) groups is 1. The molecular formula is C23H25N3O3S. The Morgan fingerprint density at radius 1 is 1.03 bits per heavy atom. The molecule has 0 bridgehead atoms. The van der Waals surface area contributed by atoms with Gasteiger partial charge >= 0.3 is 0 Å². The lowest BCUT2D eigenvalue weighted by Gasteiger charge is -2.19. The molecule has 0 saturated carbocycles. The summed E-state index contributed by atoms with van der Waals surface area (Å²) >= 11 is 1.61. The topological polar surface area (TPSA) is 65.4 Å². The number of benzene rings is 2. The third-order valence-corrected chi connectivity index (χ3v) is 6.71. The predicted octanol–water partition coefficient (Wildman–Crippen LogP) is 4.67. The van der Waals surface area contributed by atoms with Gasteiger partial charge in [0.2, 0.25) is 5.91 Å². The van der Waals surface area contributed by atoms with Crippen molar-refractivity contribution in [3.63, 3.8) is 0 Å². The molecule has 4 rings (SSSR count). The number of ether oxygens (including phenoxy) is 2. The zero-order valence-electron chi connectivity index (χ0n) is 17.7. The molecule has 156 valence electrons. The summed E-state index contributed by atoms with van der Waals surface area (Å²) in [6.45, 7) is 5.96. The molecule has 0 radical (unpaired) electrons. The second kappa shape index (κ2) is 8.07. The number of aryl methyl sites for hydroxylation is 2. The molecule has 1 aliphatic heterocycles. The second-order valence-electron chi connectivity index (χ2n) is 7.36. The van der Waals surface area contributed by atoms with Crippen LogP contribution >= 0.6 is 11.8 Å². The number of nitrogens with zero attached hydrogens (tertiary/aromatic N) is 2. The molecule has 6 nitrogen and oxygen atoms in total. The van der Waals surface area contributed by atoms with E-state index in [-0.39, 0.29) is 16.4 Å². The first-order chi connectivity index (χ1) is 14.4. The van der Waals surface area contributed by atoms with Crippen LogP contribution in [-0.4, -0.2) is 35.2 Å². The highest BCUT2D eigenvalue weighted by Crippen LogP contribution is 2.47. The molecule has 7 heteroatoms. The number of aromatic nitrogens is 2. The van der Waals surface area contributed by atoms with Crippen molar-refractivity contribution in [2.24, 2.45) is 0 Å². The van der Waals surface area contributed by atoms with Crippen LogP contribution in [0.2, 0.25) is 0 Å². The lowest BCUT2D eigenvalue weighted by molar-refractivity contribution is -0.115. The maximum Gasteiger partial charge on any atom is 0.238 e. The van der Waals surface area contributed by atoms with Gasteiger partial charge in [-0.1, -0.05) is 23.8 Å². The Hall–Kier alpha value is -2.93. The first-order valence-corrected chi connectivity index (χ1v) is 10.7. The molecule has 30 heavy (non-hydrogen) atoms. The van der Waals surface area contributed by atoms with Crippen LogP contribution in [0.25, 0.3) is 5.69 Å². The summed E-state index contributed by atoms with van der Waals surface area (Å²) in [4.78, 5) is 12.8. The molecule has 3 aromatic rings. The van der Waals surface area contributed by atoms with Crippen LogP contribution in [0.5, 0.6) is 11.5 Å². The number of fused-ring (bicyclic) bond motifs is 1. The van der Waals surface area contributed by atoms with E-state index in [1.165, 1.54) is 5.56 Å². The van der Waals surface area contributed by atoms with Gasteiger partial charge in [0.15, 0.2) is 11.5 Å². The Morgan fingerprint density at radius 3 is 2.40 bits per heavy atom. The van der Waals surface area contributed by atoms with Crippen molar-refractivity contribution >= 4 is 23.5 Å². The van der Waals surface area contributed by atoms with Crippen molar-refractivity contribution in [2.75, 3.05) is 19.5 Å². The van der Waals surface area contributed by atoms with Gasteiger partial charge in [-0.3, -0.25) is 4.79 Å². The third kappa shape index (κ3) is 3.54. The molecule has 2 atom stereocenters. The Bertz CT molecular complexity index is 1090. The van der Waals surface area contributed by atoms with Gasteiger partial charge in [0.25, 0.3) is 0 Å². The Morgan fingerprint density at radius 2 is 1.73 bits per heavy atom. The maximum atomic E-state index is 12.8. The number of methoxy groups -OCH3 is 2. The number of carbonyl (C=O) groups is 1. The summed E-state index contributed by atoms with van der Waals surface area (Å²) in [5, 5.41) is 7.59. The summed E-state index contributed by atoms with van der Waals surface area (Å²) in [6.07, 6.45) is 0. The lowest BCUT2D eigenvalue weighted by Crippen LogP contribution is -2.22. The average molecular weight is 424 g/mol. The van der Waals surface area contributed by atoms with Gasteiger partial charge in [0.05, 0.1) is 36.1 Å². The first kappa shape index (κ1) is 20.3. The van der Waals surface area contributed by atoms with E-state index in [0.29, 0.717) is 11.5 Å². The standard InChI is InChI=1S/C23H25N3O3S/c1-13-6-9-17(10-7-13)26-22-20(14(2)25-26)21(30-15(3)23(27)24-22)16-8-11-18(28-4)19(12-16)29-5/h6-12,15,21H,1-5H3,(H,24,27)/t15-,21+/m1/s1. The summed E-state index contributed by atoms with van der Waals surface area (Å²) in [5.41, 5.74) is 5.01. The summed E-state index contributed by atoms with van der Waals surface area (Å²) in [7, 11) is 3.25. The van der Waals surface area contributed by atoms with E-state index in [0.717, 1.165) is 28.3 Å². The minimum atomic E-state index is -0.221. The fourth-order valence-corrected chi connectivity index (χ4v) is 4.97. The molecule has 1 amide bonds. The summed E-state index contributed by atoms with van der Waals surface area (Å²) in [5.74, 6) is 2.03. The molecular weight excluding hydrogens is 398 g/mol. The molecule has 0 aliphatic carbocycles. The van der Waals surface area contributed by atoms with Gasteiger partial charge in [0, 0.05) is 5.56 Å². The number of hydrogen-bond acceptors (Lipinski definition) is 5. The third-order valence-electron chi connectivity index (χ3n) is 5.31. The molecule has 2 heterocycles. The molecule has 2 aromatic carbocycles. The van der Waals surface area contributed by atoms with Crippen molar-refractivity contribution < 1.29 is 14.3 Å². The first-order valence-electron chi connectivity index (χ1n) is 9.77. The quantitative estimate of drug-likeness (QED) is 0.661. The van der Waals surface area contributed by atoms with Crippen LogP contribution in [0.15, 0.2) is 42.5 Å². The number of nitrogens with one attached hydrogen (secondary N) is 1. The normalized spacial score (nSPS) is 18.4. The fraction of sp³-hybridized carbons (Fsp3) is 0.304. The SMILES string of the molecule is COc1ccc([C@@H]2S[C@H](C)C(=O)Nc3c2c(C)nn3-c2ccc(C)cc2)cc1OC. The van der Waals surface area contributed by atoms with Crippen molar-refractivity contribution in [3.8, 4) is 17.2 Å². The number of hydrogen-bond donors (Lipinski definition) is 1. The number of rotatable bonds is 4. The van der Waals surface area contributed by atoms with Gasteiger partial charge in [0.1, 0.15) is 5.82 Å². The van der Waals surface area contributed by atoms with Crippen LogP contribution < -0.4 is 14.8 Å². The average Bonchev–Trinajstić information content (AvgIpc) is 2.99. The molecule has 0 spiro atoms. The highest BCUT2D eigenvalue weighted by Gasteiger charge is 2.34. The highest BCUT2D eigenvalue weighted by atomic mass is 32.2. The van der Waals surface area contributed by atoms with Crippen molar-refractivity contribution in [2.45, 2.75) is 31.3 Å². The number of anilines is 1. The van der Waals surface area contributed by atoms with E-state index < -0.39 is 0 Å². The monoisotopic (exact) mass is 423 g/mol. The Labute approximate surface area is 180 Å². The predicted molar refractivity (Wildman–Crippen MR) is 120 cm³/mol. The van der Waals surface area contributed by atoms with E-state index in [9.17, 15) is 4.79 Å². The molecule has 1 aromatic heterocycles. The fourth-order valence-electron chi connectivity index (χ4n) is 3.66. The van der Waals surface area contributed by atoms with Crippen molar-refractivity contribution in [1.82, 2.24) is 9.78 Å². The largest absolute Gasteiger partial charge is 0.493 e. The van der Waals surface area contributed by atoms with Crippen LogP contribution in [0, 0.1) is 13.8 Å². The van der Waals surface area contributed by atoms with Crippen LogP contribution in [0.4, 0.5) is 5.82 Å². The van der Waals surface area contributed by atoms with Gasteiger partial charge in [-0.2, -0.15) is 5.10 Å². The van der Waals surface area contributed by atoms with E-state index >= 15 is 0 Å². The summed E-state index contributed by atoms with van der Waals surface area (Å²) in [6, 6.07) is 14.0. The molecule has 1 aliphatic rings. The van der Waals surface area contributed by atoms with Crippen LogP contribution in [0.1, 0.15) is 34.6 Å². The van der Waals surface area contributed by atoms with E-state index in [1.54, 1.807) is 26.0 Å². The van der Waals surface area contributed by atoms with Crippen LogP contribution in [0.3, 0.4) is 0 Å². The van der Waals surface area contributed by atoms with E-state index in [4.69, 9.17) is 14.6 Å². The zero-order valence-corrected chi connectivity index (χ0v) is 18.5. The Kier molecular flexibility index (Phi) is 5.47. The number of amides is 1.